The van der Waals surface area contributed by atoms with Crippen molar-refractivity contribution >= 4 is 56.2 Å². The third-order valence-corrected chi connectivity index (χ3v) is 4.61. The molecule has 1 aromatic heterocycles. The van der Waals surface area contributed by atoms with Crippen LogP contribution in [0.2, 0.25) is 5.02 Å². The fraction of sp³-hybridized carbons (Fsp3) is 0.111. The van der Waals surface area contributed by atoms with Crippen molar-refractivity contribution in [2.75, 3.05) is 6.61 Å². The molecule has 0 fully saturated rings. The predicted octanol–water partition coefficient (Wildman–Crippen LogP) is 2.78. The third kappa shape index (κ3) is 4.47. The number of ether oxygens (including phenoxy) is 1. The number of nitro benzene ring substituents is 1. The van der Waals surface area contributed by atoms with E-state index in [4.69, 9.17) is 22.1 Å². The minimum absolute atomic E-state index is 0.0409. The molecule has 0 spiro atoms. The monoisotopic (exact) mass is 493 g/mol. The van der Waals surface area contributed by atoms with Gasteiger partial charge in [0.2, 0.25) is 5.75 Å². The normalized spacial score (nSPS) is 11.2. The molecule has 0 aliphatic rings. The Labute approximate surface area is 182 Å². The number of carbonyl (C=O) groups is 1. The summed E-state index contributed by atoms with van der Waals surface area (Å²) in [5.74, 6) is -0.783. The van der Waals surface area contributed by atoms with E-state index < -0.39 is 28.7 Å². The summed E-state index contributed by atoms with van der Waals surface area (Å²) in [5.41, 5.74) is 4.73. The zero-order chi connectivity index (χ0) is 22.0. The topological polar surface area (TPSA) is 143 Å². The van der Waals surface area contributed by atoms with Gasteiger partial charge >= 0.3 is 5.69 Å². The zero-order valence-corrected chi connectivity index (χ0v) is 17.7. The number of carbonyl (C=O) groups excluding carboxylic acids is 1. The lowest BCUT2D eigenvalue weighted by Gasteiger charge is -2.09. The molecule has 0 atom stereocenters. The summed E-state index contributed by atoms with van der Waals surface area (Å²) < 4.78 is 6.94. The molecule has 154 valence electrons. The van der Waals surface area contributed by atoms with Gasteiger partial charge in [0.05, 0.1) is 22.0 Å². The van der Waals surface area contributed by atoms with Gasteiger partial charge in [0.1, 0.15) is 5.82 Å². The van der Waals surface area contributed by atoms with Crippen LogP contribution in [-0.2, 0) is 4.79 Å². The molecule has 0 unspecified atom stereocenters. The molecule has 2 N–H and O–H groups in total. The quantitative estimate of drug-likeness (QED) is 0.317. The fourth-order valence-corrected chi connectivity index (χ4v) is 3.23. The van der Waals surface area contributed by atoms with E-state index in [1.807, 2.05) is 0 Å². The molecule has 10 nitrogen and oxygen atoms in total. The van der Waals surface area contributed by atoms with Crippen LogP contribution in [0.25, 0.3) is 10.9 Å². The van der Waals surface area contributed by atoms with Crippen LogP contribution in [0.1, 0.15) is 11.4 Å². The highest BCUT2D eigenvalue weighted by Gasteiger charge is 2.21. The van der Waals surface area contributed by atoms with E-state index in [-0.39, 0.29) is 16.3 Å². The molecular formula is C18H13BrClN5O5. The van der Waals surface area contributed by atoms with Crippen LogP contribution in [0, 0.1) is 17.0 Å². The van der Waals surface area contributed by atoms with Crippen molar-refractivity contribution in [3.63, 3.8) is 0 Å². The third-order valence-electron chi connectivity index (χ3n) is 3.90. The van der Waals surface area contributed by atoms with Gasteiger partial charge in [-0.2, -0.15) is 9.78 Å². The summed E-state index contributed by atoms with van der Waals surface area (Å²) in [6.45, 7) is 0.999. The molecule has 2 aromatic carbocycles. The highest BCUT2D eigenvalue weighted by Crippen LogP contribution is 2.33. The summed E-state index contributed by atoms with van der Waals surface area (Å²) in [6, 6.07) is 7.48. The number of benzene rings is 2. The maximum absolute atomic E-state index is 12.8. The van der Waals surface area contributed by atoms with Crippen LogP contribution in [0.4, 0.5) is 5.69 Å². The first-order chi connectivity index (χ1) is 14.2. The van der Waals surface area contributed by atoms with E-state index in [9.17, 15) is 19.7 Å². The Morgan fingerprint density at radius 1 is 1.43 bits per heavy atom. The van der Waals surface area contributed by atoms with E-state index >= 15 is 0 Å². The predicted molar refractivity (Wildman–Crippen MR) is 114 cm³/mol. The molecule has 1 amide bonds. The SMILES string of the molecule is Cc1nc2ccc(Br)cc2c(=O)n1N=Cc1cc(Cl)cc([N+](=O)[O-])c1OCC(N)=O. The lowest BCUT2D eigenvalue weighted by atomic mass is 10.2. The van der Waals surface area contributed by atoms with Crippen molar-refractivity contribution in [1.82, 2.24) is 9.66 Å². The summed E-state index contributed by atoms with van der Waals surface area (Å²) in [4.78, 5) is 38.9. The molecule has 12 heteroatoms. The minimum atomic E-state index is -0.821. The van der Waals surface area contributed by atoms with Crippen molar-refractivity contribution in [3.05, 3.63) is 71.7 Å². The molecule has 3 rings (SSSR count). The number of amides is 1. The number of hydrogen-bond donors (Lipinski definition) is 1. The molecule has 0 aliphatic carbocycles. The molecule has 0 radical (unpaired) electrons. The lowest BCUT2D eigenvalue weighted by molar-refractivity contribution is -0.385. The molecule has 30 heavy (non-hydrogen) atoms. The van der Waals surface area contributed by atoms with E-state index in [2.05, 4.69) is 26.0 Å². The molecule has 0 saturated heterocycles. The summed E-state index contributed by atoms with van der Waals surface area (Å²) >= 11 is 9.28. The average Bonchev–Trinajstić information content (AvgIpc) is 2.67. The Kier molecular flexibility index (Phi) is 6.13. The molecule has 0 bridgehead atoms. The second-order valence-corrected chi connectivity index (χ2v) is 7.39. The van der Waals surface area contributed by atoms with Gasteiger partial charge in [0.25, 0.3) is 11.5 Å². The molecule has 0 saturated carbocycles. The largest absolute Gasteiger partial charge is 0.476 e. The van der Waals surface area contributed by atoms with Gasteiger partial charge in [-0.15, -0.1) is 0 Å². The number of fused-ring (bicyclic) bond motifs is 1. The van der Waals surface area contributed by atoms with E-state index in [1.165, 1.54) is 6.07 Å². The van der Waals surface area contributed by atoms with Crippen molar-refractivity contribution in [1.29, 1.82) is 0 Å². The molecule has 3 aromatic rings. The highest BCUT2D eigenvalue weighted by molar-refractivity contribution is 9.10. The number of nitrogens with two attached hydrogens (primary N) is 1. The second-order valence-electron chi connectivity index (χ2n) is 6.04. The smallest absolute Gasteiger partial charge is 0.313 e. The van der Waals surface area contributed by atoms with Crippen LogP contribution in [0.5, 0.6) is 5.75 Å². The fourth-order valence-electron chi connectivity index (χ4n) is 2.65. The average molecular weight is 495 g/mol. The van der Waals surface area contributed by atoms with Crippen molar-refractivity contribution in [2.45, 2.75) is 6.92 Å². The van der Waals surface area contributed by atoms with Crippen LogP contribution >= 0.6 is 27.5 Å². The van der Waals surface area contributed by atoms with Gasteiger partial charge in [-0.05, 0) is 31.2 Å². The number of rotatable bonds is 6. The zero-order valence-electron chi connectivity index (χ0n) is 15.3. The van der Waals surface area contributed by atoms with Crippen LogP contribution in [-0.4, -0.2) is 33.3 Å². The highest BCUT2D eigenvalue weighted by atomic mass is 79.9. The van der Waals surface area contributed by atoms with Crippen LogP contribution in [0.3, 0.4) is 0 Å². The van der Waals surface area contributed by atoms with Gasteiger partial charge in [-0.3, -0.25) is 19.7 Å². The van der Waals surface area contributed by atoms with E-state index in [1.54, 1.807) is 25.1 Å². The van der Waals surface area contributed by atoms with Crippen molar-refractivity contribution in [3.8, 4) is 5.75 Å². The molecule has 1 heterocycles. The van der Waals surface area contributed by atoms with E-state index in [0.717, 1.165) is 17.0 Å². The van der Waals surface area contributed by atoms with E-state index in [0.29, 0.717) is 21.2 Å². The van der Waals surface area contributed by atoms with Crippen LogP contribution in [0.15, 0.2) is 44.7 Å². The van der Waals surface area contributed by atoms with Crippen LogP contribution < -0.4 is 16.0 Å². The maximum atomic E-state index is 12.8. The standard InChI is InChI=1S/C18H13BrClN5O5/c1-9-23-14-3-2-11(19)5-13(14)18(27)24(9)22-7-10-4-12(20)6-15(25(28)29)17(10)30-8-16(21)26/h2-7H,8H2,1H3,(H2,21,26). The van der Waals surface area contributed by atoms with Gasteiger partial charge < -0.3 is 10.5 Å². The first-order valence-electron chi connectivity index (χ1n) is 8.29. The Bertz CT molecular complexity index is 1270. The van der Waals surface area contributed by atoms with Gasteiger partial charge in [-0.1, -0.05) is 27.5 Å². The number of aryl methyl sites for hydroxylation is 1. The Balaban J connectivity index is 2.15. The van der Waals surface area contributed by atoms with Crippen molar-refractivity contribution < 1.29 is 14.5 Å². The summed E-state index contributed by atoms with van der Waals surface area (Å²) in [5, 5.41) is 15.8. The summed E-state index contributed by atoms with van der Waals surface area (Å²) in [6.07, 6.45) is 1.16. The minimum Gasteiger partial charge on any atom is -0.476 e. The Hall–Kier alpha value is -3.31. The number of halogens is 2. The second kappa shape index (κ2) is 8.59. The number of nitro groups is 1. The van der Waals surface area contributed by atoms with Crippen molar-refractivity contribution in [2.24, 2.45) is 10.8 Å². The lowest BCUT2D eigenvalue weighted by Crippen LogP contribution is -2.21. The number of primary amides is 1. The van der Waals surface area contributed by atoms with Gasteiger partial charge in [-0.25, -0.2) is 4.98 Å². The first kappa shape index (κ1) is 21.4. The van der Waals surface area contributed by atoms with Gasteiger partial charge in [0, 0.05) is 21.1 Å². The molecular weight excluding hydrogens is 482 g/mol. The Morgan fingerprint density at radius 3 is 2.83 bits per heavy atom. The Morgan fingerprint density at radius 2 is 2.17 bits per heavy atom. The first-order valence-corrected chi connectivity index (χ1v) is 9.46. The maximum Gasteiger partial charge on any atom is 0.313 e. The number of aromatic nitrogens is 2. The number of hydrogen-bond acceptors (Lipinski definition) is 7. The number of nitrogens with zero attached hydrogens (tertiary/aromatic N) is 4. The van der Waals surface area contributed by atoms with Gasteiger partial charge in [0.15, 0.2) is 6.61 Å². The molecule has 0 aliphatic heterocycles. The summed E-state index contributed by atoms with van der Waals surface area (Å²) in [7, 11) is 0.